The molecule has 3 heterocycles. The minimum atomic E-state index is 0.0866. The quantitative estimate of drug-likeness (QED) is 0.452. The molecule has 0 aliphatic carbocycles. The number of aryl methyl sites for hydroxylation is 1. The average Bonchev–Trinajstić information content (AvgIpc) is 3.21. The van der Waals surface area contributed by atoms with Gasteiger partial charge in [-0.2, -0.15) is 0 Å². The van der Waals surface area contributed by atoms with Crippen molar-refractivity contribution in [2.45, 2.75) is 25.8 Å². The maximum absolute atomic E-state index is 13.7. The second-order valence-electron chi connectivity index (χ2n) is 8.21. The Hall–Kier alpha value is -2.76. The summed E-state index contributed by atoms with van der Waals surface area (Å²) in [5, 5.41) is 0.730. The Morgan fingerprint density at radius 2 is 1.67 bits per heavy atom. The van der Waals surface area contributed by atoms with Gasteiger partial charge in [-0.1, -0.05) is 60.2 Å². The third-order valence-electron chi connectivity index (χ3n) is 6.02. The molecule has 0 unspecified atom stereocenters. The van der Waals surface area contributed by atoms with Gasteiger partial charge in [0.25, 0.3) is 5.56 Å². The number of rotatable bonds is 3. The highest BCUT2D eigenvalue weighted by Crippen LogP contribution is 2.34. The zero-order chi connectivity index (χ0) is 20.7. The van der Waals surface area contributed by atoms with Gasteiger partial charge in [0.05, 0.1) is 5.39 Å². The number of thiophene rings is 1. The summed E-state index contributed by atoms with van der Waals surface area (Å²) >= 11 is 1.60. The van der Waals surface area contributed by atoms with Crippen LogP contribution in [0, 0.1) is 6.92 Å². The average molecular weight is 416 g/mol. The fourth-order valence-corrected chi connectivity index (χ4v) is 5.26. The summed E-state index contributed by atoms with van der Waals surface area (Å²) < 4.78 is 1.97. The van der Waals surface area contributed by atoms with Gasteiger partial charge in [-0.15, -0.1) is 11.3 Å². The first-order valence-electron chi connectivity index (χ1n) is 10.5. The maximum atomic E-state index is 13.7. The topological polar surface area (TPSA) is 38.1 Å². The van der Waals surface area contributed by atoms with Crippen molar-refractivity contribution in [3.8, 4) is 21.8 Å². The highest BCUT2D eigenvalue weighted by molar-refractivity contribution is 7.21. The molecule has 0 radical (unpaired) electrons. The molecular weight excluding hydrogens is 390 g/mol. The minimum absolute atomic E-state index is 0.0866. The van der Waals surface area contributed by atoms with E-state index in [1.165, 1.54) is 5.56 Å². The van der Waals surface area contributed by atoms with E-state index in [1.54, 1.807) is 11.3 Å². The zero-order valence-electron chi connectivity index (χ0n) is 17.3. The molecule has 1 aliphatic rings. The molecule has 0 atom stereocenters. The smallest absolute Gasteiger partial charge is 0.262 e. The van der Waals surface area contributed by atoms with E-state index >= 15 is 0 Å². The van der Waals surface area contributed by atoms with E-state index in [0.717, 1.165) is 58.0 Å². The van der Waals surface area contributed by atoms with E-state index < -0.39 is 0 Å². The van der Waals surface area contributed by atoms with Crippen molar-refractivity contribution < 1.29 is 0 Å². The van der Waals surface area contributed by atoms with E-state index in [2.05, 4.69) is 55.3 Å². The number of nitrogens with zero attached hydrogens (tertiary/aromatic N) is 3. The zero-order valence-corrected chi connectivity index (χ0v) is 18.2. The number of aromatic nitrogens is 2. The van der Waals surface area contributed by atoms with Crippen LogP contribution in [0.1, 0.15) is 24.4 Å². The van der Waals surface area contributed by atoms with Crippen LogP contribution in [-0.4, -0.2) is 34.6 Å². The standard InChI is InChI=1S/C25H25N3OS/c1-17-8-10-19(11-9-17)23-26-24-21(16-22(30-24)18-6-4-3-5-7-18)25(29)28(23)20-12-14-27(2)15-13-20/h3-11,16,20H,12-15H2,1-2H3. The summed E-state index contributed by atoms with van der Waals surface area (Å²) in [6.45, 7) is 4.08. The monoisotopic (exact) mass is 415 g/mol. The summed E-state index contributed by atoms with van der Waals surface area (Å²) in [5.41, 5.74) is 3.43. The molecule has 1 fully saturated rings. The van der Waals surface area contributed by atoms with Crippen LogP contribution in [0.3, 0.4) is 0 Å². The Labute approximate surface area is 180 Å². The lowest BCUT2D eigenvalue weighted by atomic mass is 10.0. The molecule has 4 nitrogen and oxygen atoms in total. The van der Waals surface area contributed by atoms with Gasteiger partial charge in [-0.25, -0.2) is 4.98 Å². The van der Waals surface area contributed by atoms with E-state index in [0.29, 0.717) is 0 Å². The van der Waals surface area contributed by atoms with E-state index in [4.69, 9.17) is 4.98 Å². The summed E-state index contributed by atoms with van der Waals surface area (Å²) in [6, 6.07) is 20.8. The van der Waals surface area contributed by atoms with E-state index in [1.807, 2.05) is 28.8 Å². The molecule has 2 aromatic heterocycles. The van der Waals surface area contributed by atoms with Crippen molar-refractivity contribution in [2.24, 2.45) is 0 Å². The lowest BCUT2D eigenvalue weighted by Gasteiger charge is -2.31. The highest BCUT2D eigenvalue weighted by atomic mass is 32.1. The van der Waals surface area contributed by atoms with E-state index in [9.17, 15) is 4.79 Å². The first-order valence-corrected chi connectivity index (χ1v) is 11.3. The fraction of sp³-hybridized carbons (Fsp3) is 0.280. The van der Waals surface area contributed by atoms with Crippen molar-refractivity contribution >= 4 is 21.6 Å². The summed E-state index contributed by atoms with van der Waals surface area (Å²) in [4.78, 5) is 23.0. The predicted molar refractivity (Wildman–Crippen MR) is 125 cm³/mol. The minimum Gasteiger partial charge on any atom is -0.306 e. The molecule has 0 saturated carbocycles. The molecule has 152 valence electrons. The largest absolute Gasteiger partial charge is 0.306 e. The number of hydrogen-bond donors (Lipinski definition) is 0. The van der Waals surface area contributed by atoms with Crippen LogP contribution < -0.4 is 5.56 Å². The molecule has 1 aliphatic heterocycles. The summed E-state index contributed by atoms with van der Waals surface area (Å²) in [6.07, 6.45) is 1.94. The van der Waals surface area contributed by atoms with Crippen molar-refractivity contribution in [2.75, 3.05) is 20.1 Å². The van der Waals surface area contributed by atoms with Crippen molar-refractivity contribution in [3.63, 3.8) is 0 Å². The van der Waals surface area contributed by atoms with Gasteiger partial charge >= 0.3 is 0 Å². The summed E-state index contributed by atoms with van der Waals surface area (Å²) in [5.74, 6) is 0.795. The fourth-order valence-electron chi connectivity index (χ4n) is 4.24. The molecular formula is C25H25N3OS. The molecule has 4 aromatic rings. The SMILES string of the molecule is Cc1ccc(-c2nc3sc(-c4ccccc4)cc3c(=O)n2C2CCN(C)CC2)cc1. The molecule has 1 saturated heterocycles. The molecule has 2 aromatic carbocycles. The summed E-state index contributed by atoms with van der Waals surface area (Å²) in [7, 11) is 2.15. The second kappa shape index (κ2) is 7.82. The molecule has 0 N–H and O–H groups in total. The maximum Gasteiger partial charge on any atom is 0.262 e. The van der Waals surface area contributed by atoms with Crippen LogP contribution in [0.15, 0.2) is 65.5 Å². The Morgan fingerprint density at radius 3 is 2.37 bits per heavy atom. The molecule has 30 heavy (non-hydrogen) atoms. The normalized spacial score (nSPS) is 15.7. The highest BCUT2D eigenvalue weighted by Gasteiger charge is 2.25. The first-order chi connectivity index (χ1) is 14.6. The number of hydrogen-bond acceptors (Lipinski definition) is 4. The lowest BCUT2D eigenvalue weighted by molar-refractivity contribution is 0.219. The van der Waals surface area contributed by atoms with Crippen molar-refractivity contribution in [3.05, 3.63) is 76.6 Å². The van der Waals surface area contributed by atoms with Gasteiger partial charge in [0.2, 0.25) is 0 Å². The van der Waals surface area contributed by atoms with Gasteiger partial charge < -0.3 is 4.90 Å². The van der Waals surface area contributed by atoms with Crippen LogP contribution in [0.5, 0.6) is 0 Å². The van der Waals surface area contributed by atoms with Gasteiger partial charge in [0.1, 0.15) is 10.7 Å². The van der Waals surface area contributed by atoms with Gasteiger partial charge in [0, 0.05) is 16.5 Å². The van der Waals surface area contributed by atoms with Gasteiger partial charge in [-0.05, 0) is 51.5 Å². The molecule has 0 bridgehead atoms. The Morgan fingerprint density at radius 1 is 0.967 bits per heavy atom. The second-order valence-corrected chi connectivity index (χ2v) is 9.24. The van der Waals surface area contributed by atoms with Crippen LogP contribution in [0.2, 0.25) is 0 Å². The Balaban J connectivity index is 1.72. The van der Waals surface area contributed by atoms with Crippen LogP contribution >= 0.6 is 11.3 Å². The third kappa shape index (κ3) is 3.48. The van der Waals surface area contributed by atoms with Crippen LogP contribution in [-0.2, 0) is 0 Å². The van der Waals surface area contributed by atoms with Gasteiger partial charge in [0.15, 0.2) is 0 Å². The van der Waals surface area contributed by atoms with Crippen LogP contribution in [0.4, 0.5) is 0 Å². The number of piperidine rings is 1. The molecule has 5 heteroatoms. The lowest BCUT2D eigenvalue weighted by Crippen LogP contribution is -2.36. The Bertz CT molecular complexity index is 1230. The molecule has 0 amide bonds. The molecule has 0 spiro atoms. The third-order valence-corrected chi connectivity index (χ3v) is 7.10. The van der Waals surface area contributed by atoms with Crippen LogP contribution in [0.25, 0.3) is 32.0 Å². The number of likely N-dealkylation sites (tertiary alicyclic amines) is 1. The van der Waals surface area contributed by atoms with Crippen molar-refractivity contribution in [1.29, 1.82) is 0 Å². The number of benzene rings is 2. The van der Waals surface area contributed by atoms with Crippen molar-refractivity contribution in [1.82, 2.24) is 14.5 Å². The first kappa shape index (κ1) is 19.2. The molecule has 5 rings (SSSR count). The predicted octanol–water partition coefficient (Wildman–Crippen LogP) is 5.37. The Kier molecular flexibility index (Phi) is 5.01. The van der Waals surface area contributed by atoms with E-state index in [-0.39, 0.29) is 11.6 Å². The van der Waals surface area contributed by atoms with Gasteiger partial charge in [-0.3, -0.25) is 9.36 Å². The number of fused-ring (bicyclic) bond motifs is 1.